The Bertz CT molecular complexity index is 850. The minimum absolute atomic E-state index is 0.378. The van der Waals surface area contributed by atoms with Crippen molar-refractivity contribution in [1.29, 1.82) is 0 Å². The largest absolute Gasteiger partial charge is 0.220 e. The van der Waals surface area contributed by atoms with E-state index in [2.05, 4.69) is 5.10 Å². The van der Waals surface area contributed by atoms with Crippen LogP contribution in [-0.2, 0) is 5.54 Å². The SMILES string of the molecule is Fc1ccnn1C(c1ccccc1)(c1ccccc1)c1ccccc1. The first kappa shape index (κ1) is 15.3. The van der Waals surface area contributed by atoms with Gasteiger partial charge in [0.15, 0.2) is 0 Å². The second kappa shape index (κ2) is 6.36. The highest BCUT2D eigenvalue weighted by Gasteiger charge is 2.40. The fraction of sp³-hybridized carbons (Fsp3) is 0.0455. The molecule has 0 spiro atoms. The van der Waals surface area contributed by atoms with Crippen LogP contribution in [0.1, 0.15) is 16.7 Å². The third-order valence-corrected chi connectivity index (χ3v) is 4.49. The molecule has 1 heterocycles. The minimum Gasteiger partial charge on any atom is -0.220 e. The molecular formula is C22H17FN2. The lowest BCUT2D eigenvalue weighted by atomic mass is 9.77. The van der Waals surface area contributed by atoms with Crippen LogP contribution in [0.2, 0.25) is 0 Å². The van der Waals surface area contributed by atoms with Gasteiger partial charge < -0.3 is 0 Å². The molecule has 0 unspecified atom stereocenters. The molecule has 0 aliphatic rings. The van der Waals surface area contributed by atoms with Crippen LogP contribution in [0, 0.1) is 5.95 Å². The Hall–Kier alpha value is -3.20. The summed E-state index contributed by atoms with van der Waals surface area (Å²) >= 11 is 0. The highest BCUT2D eigenvalue weighted by Crippen LogP contribution is 2.40. The van der Waals surface area contributed by atoms with E-state index in [4.69, 9.17) is 0 Å². The van der Waals surface area contributed by atoms with Crippen molar-refractivity contribution in [2.45, 2.75) is 5.54 Å². The van der Waals surface area contributed by atoms with Gasteiger partial charge in [-0.3, -0.25) is 0 Å². The molecule has 0 N–H and O–H groups in total. The summed E-state index contributed by atoms with van der Waals surface area (Å²) in [4.78, 5) is 0. The normalized spacial score (nSPS) is 11.4. The molecule has 3 heteroatoms. The molecule has 0 aliphatic carbocycles. The van der Waals surface area contributed by atoms with Gasteiger partial charge in [-0.1, -0.05) is 91.0 Å². The average Bonchev–Trinajstić information content (AvgIpc) is 3.12. The summed E-state index contributed by atoms with van der Waals surface area (Å²) < 4.78 is 16.3. The van der Waals surface area contributed by atoms with Crippen LogP contribution in [-0.4, -0.2) is 9.78 Å². The van der Waals surface area contributed by atoms with E-state index < -0.39 is 5.54 Å². The molecule has 0 atom stereocenters. The Balaban J connectivity index is 2.15. The van der Waals surface area contributed by atoms with Gasteiger partial charge in [-0.25, -0.2) is 4.68 Å². The van der Waals surface area contributed by atoms with Gasteiger partial charge >= 0.3 is 0 Å². The number of hydrogen-bond donors (Lipinski definition) is 0. The molecule has 2 nitrogen and oxygen atoms in total. The Morgan fingerprint density at radius 1 is 0.600 bits per heavy atom. The van der Waals surface area contributed by atoms with Gasteiger partial charge in [-0.15, -0.1) is 0 Å². The van der Waals surface area contributed by atoms with Crippen LogP contribution in [0.15, 0.2) is 103 Å². The zero-order valence-corrected chi connectivity index (χ0v) is 13.6. The second-order valence-electron chi connectivity index (χ2n) is 5.87. The predicted octanol–water partition coefficient (Wildman–Crippen LogP) is 4.86. The van der Waals surface area contributed by atoms with Crippen molar-refractivity contribution in [2.24, 2.45) is 0 Å². The summed E-state index contributed by atoms with van der Waals surface area (Å²) in [5.41, 5.74) is 1.98. The number of hydrogen-bond acceptors (Lipinski definition) is 1. The molecule has 0 bridgehead atoms. The zero-order valence-electron chi connectivity index (χ0n) is 13.6. The topological polar surface area (TPSA) is 17.8 Å². The molecule has 0 amide bonds. The van der Waals surface area contributed by atoms with E-state index in [1.807, 2.05) is 91.0 Å². The van der Waals surface area contributed by atoms with Crippen LogP contribution in [0.3, 0.4) is 0 Å². The smallest absolute Gasteiger partial charge is 0.212 e. The van der Waals surface area contributed by atoms with Crippen molar-refractivity contribution in [3.05, 3.63) is 126 Å². The number of rotatable bonds is 4. The van der Waals surface area contributed by atoms with E-state index >= 15 is 0 Å². The van der Waals surface area contributed by atoms with Crippen LogP contribution in [0.5, 0.6) is 0 Å². The maximum atomic E-state index is 14.8. The van der Waals surface area contributed by atoms with E-state index in [-0.39, 0.29) is 5.95 Å². The third kappa shape index (κ3) is 2.45. The van der Waals surface area contributed by atoms with Crippen molar-refractivity contribution in [1.82, 2.24) is 9.78 Å². The highest BCUT2D eigenvalue weighted by atomic mass is 19.1. The molecule has 4 aromatic rings. The van der Waals surface area contributed by atoms with Crippen molar-refractivity contribution in [2.75, 3.05) is 0 Å². The number of halogens is 1. The summed E-state index contributed by atoms with van der Waals surface area (Å²) in [6.45, 7) is 0. The first-order chi connectivity index (χ1) is 12.3. The molecule has 122 valence electrons. The summed E-state index contributed by atoms with van der Waals surface area (Å²) in [6.07, 6.45) is 1.50. The molecule has 0 aliphatic heterocycles. The monoisotopic (exact) mass is 328 g/mol. The maximum absolute atomic E-state index is 14.8. The van der Waals surface area contributed by atoms with Gasteiger partial charge in [0.2, 0.25) is 5.95 Å². The van der Waals surface area contributed by atoms with E-state index in [1.165, 1.54) is 16.9 Å². The van der Waals surface area contributed by atoms with Crippen molar-refractivity contribution in [3.8, 4) is 0 Å². The summed E-state index contributed by atoms with van der Waals surface area (Å²) in [5.74, 6) is -0.378. The summed E-state index contributed by atoms with van der Waals surface area (Å²) in [5, 5.41) is 4.36. The average molecular weight is 328 g/mol. The fourth-order valence-corrected chi connectivity index (χ4v) is 3.44. The van der Waals surface area contributed by atoms with Gasteiger partial charge in [0.25, 0.3) is 0 Å². The first-order valence-corrected chi connectivity index (χ1v) is 8.20. The Labute approximate surface area is 146 Å². The second-order valence-corrected chi connectivity index (χ2v) is 5.87. The van der Waals surface area contributed by atoms with Crippen LogP contribution < -0.4 is 0 Å². The van der Waals surface area contributed by atoms with Gasteiger partial charge in [0.05, 0.1) is 6.20 Å². The lowest BCUT2D eigenvalue weighted by molar-refractivity contribution is 0.373. The Morgan fingerprint density at radius 3 is 1.32 bits per heavy atom. The summed E-state index contributed by atoms with van der Waals surface area (Å²) in [6, 6.07) is 31.2. The number of nitrogens with zero attached hydrogens (tertiary/aromatic N) is 2. The van der Waals surface area contributed by atoms with Gasteiger partial charge in [0, 0.05) is 6.07 Å². The highest BCUT2D eigenvalue weighted by molar-refractivity contribution is 5.50. The van der Waals surface area contributed by atoms with Crippen LogP contribution >= 0.6 is 0 Å². The van der Waals surface area contributed by atoms with Crippen molar-refractivity contribution < 1.29 is 4.39 Å². The quantitative estimate of drug-likeness (QED) is 0.489. The van der Waals surface area contributed by atoms with Crippen LogP contribution in [0.25, 0.3) is 0 Å². The molecule has 4 rings (SSSR count). The van der Waals surface area contributed by atoms with E-state index in [1.54, 1.807) is 0 Å². The standard InChI is InChI=1S/C22H17FN2/c23-21-16-17-24-25(21)22(18-10-4-1-5-11-18,19-12-6-2-7-13-19)20-14-8-3-9-15-20/h1-17H. The van der Waals surface area contributed by atoms with Crippen molar-refractivity contribution in [3.63, 3.8) is 0 Å². The zero-order chi connectivity index (χ0) is 17.1. The van der Waals surface area contributed by atoms with E-state index in [9.17, 15) is 4.39 Å². The predicted molar refractivity (Wildman–Crippen MR) is 96.8 cm³/mol. The van der Waals surface area contributed by atoms with Crippen molar-refractivity contribution >= 4 is 0 Å². The molecule has 3 aromatic carbocycles. The molecule has 0 saturated heterocycles. The maximum Gasteiger partial charge on any atom is 0.212 e. The molecular weight excluding hydrogens is 311 g/mol. The molecule has 25 heavy (non-hydrogen) atoms. The van der Waals surface area contributed by atoms with Gasteiger partial charge in [-0.05, 0) is 16.7 Å². The lowest BCUT2D eigenvalue weighted by Crippen LogP contribution is -2.39. The molecule has 0 radical (unpaired) electrons. The van der Waals surface area contributed by atoms with Crippen LogP contribution in [0.4, 0.5) is 4.39 Å². The van der Waals surface area contributed by atoms with Gasteiger partial charge in [0.1, 0.15) is 5.54 Å². The molecule has 0 saturated carbocycles. The van der Waals surface area contributed by atoms with E-state index in [0.717, 1.165) is 16.7 Å². The van der Waals surface area contributed by atoms with Gasteiger partial charge in [-0.2, -0.15) is 9.49 Å². The third-order valence-electron chi connectivity index (χ3n) is 4.49. The Morgan fingerprint density at radius 2 is 1.00 bits per heavy atom. The minimum atomic E-state index is -0.878. The van der Waals surface area contributed by atoms with E-state index in [0.29, 0.717) is 0 Å². The molecule has 0 fully saturated rings. The molecule has 1 aromatic heterocycles. The number of benzene rings is 3. The number of aromatic nitrogens is 2. The first-order valence-electron chi connectivity index (χ1n) is 8.20. The fourth-order valence-electron chi connectivity index (χ4n) is 3.44. The summed E-state index contributed by atoms with van der Waals surface area (Å²) in [7, 11) is 0. The lowest BCUT2D eigenvalue weighted by Gasteiger charge is -2.36. The Kier molecular flexibility index (Phi) is 3.90.